The number of hydrogen-bond donors (Lipinski definition) is 1. The molecule has 1 aromatic heterocycles. The van der Waals surface area contributed by atoms with E-state index in [0.29, 0.717) is 24.5 Å². The number of nitrogens with one attached hydrogen (secondary N) is 1. The molecule has 29 heavy (non-hydrogen) atoms. The van der Waals surface area contributed by atoms with Gasteiger partial charge in [0.1, 0.15) is 5.75 Å². The molecule has 3 aromatic rings. The summed E-state index contributed by atoms with van der Waals surface area (Å²) >= 11 is 0. The van der Waals surface area contributed by atoms with Crippen molar-refractivity contribution in [3.63, 3.8) is 0 Å². The van der Waals surface area contributed by atoms with Crippen molar-refractivity contribution in [2.24, 2.45) is 5.10 Å². The molecule has 0 aliphatic rings. The largest absolute Gasteiger partial charge is 0.496 e. The molecule has 0 saturated heterocycles. The summed E-state index contributed by atoms with van der Waals surface area (Å²) in [5.41, 5.74) is 5.52. The number of hydrogen-bond acceptors (Lipinski definition) is 5. The Balaban J connectivity index is 1.61. The summed E-state index contributed by atoms with van der Waals surface area (Å²) in [5, 5.41) is 5.10. The number of ether oxygens (including phenoxy) is 3. The summed E-state index contributed by atoms with van der Waals surface area (Å²) in [5.74, 6) is 1.92. The zero-order valence-electron chi connectivity index (χ0n) is 17.1. The molecule has 1 N–H and O–H groups in total. The molecule has 152 valence electrons. The van der Waals surface area contributed by atoms with Crippen molar-refractivity contribution in [2.75, 3.05) is 21.3 Å². The molecule has 0 spiro atoms. The first-order valence-electron chi connectivity index (χ1n) is 9.23. The van der Waals surface area contributed by atoms with Crippen LogP contribution in [0.3, 0.4) is 0 Å². The molecule has 0 radical (unpaired) electrons. The summed E-state index contributed by atoms with van der Waals surface area (Å²) in [6, 6.07) is 11.3. The van der Waals surface area contributed by atoms with Crippen LogP contribution in [0.4, 0.5) is 0 Å². The molecule has 0 bridgehead atoms. The number of aromatic nitrogens is 1. The maximum absolute atomic E-state index is 12.2. The molecule has 0 atom stereocenters. The predicted molar refractivity (Wildman–Crippen MR) is 113 cm³/mol. The van der Waals surface area contributed by atoms with Crippen molar-refractivity contribution < 1.29 is 19.0 Å². The topological polar surface area (TPSA) is 74.1 Å². The van der Waals surface area contributed by atoms with Crippen LogP contribution >= 0.6 is 0 Å². The van der Waals surface area contributed by atoms with Gasteiger partial charge in [0.05, 0.1) is 33.1 Å². The number of rotatable bonds is 8. The second-order valence-corrected chi connectivity index (χ2v) is 6.52. The van der Waals surface area contributed by atoms with Gasteiger partial charge in [-0.1, -0.05) is 6.07 Å². The van der Waals surface area contributed by atoms with Crippen molar-refractivity contribution in [2.45, 2.75) is 19.9 Å². The van der Waals surface area contributed by atoms with Crippen molar-refractivity contribution in [1.29, 1.82) is 0 Å². The number of carbonyl (C=O) groups excluding carboxylic acids is 1. The highest BCUT2D eigenvalue weighted by Crippen LogP contribution is 2.30. The Kier molecular flexibility index (Phi) is 6.39. The van der Waals surface area contributed by atoms with Gasteiger partial charge in [0.25, 0.3) is 0 Å². The van der Waals surface area contributed by atoms with Crippen LogP contribution in [-0.4, -0.2) is 38.0 Å². The zero-order valence-corrected chi connectivity index (χ0v) is 17.1. The van der Waals surface area contributed by atoms with Crippen LogP contribution in [0.2, 0.25) is 0 Å². The number of amides is 1. The quantitative estimate of drug-likeness (QED) is 0.468. The molecule has 2 aromatic carbocycles. The second-order valence-electron chi connectivity index (χ2n) is 6.52. The van der Waals surface area contributed by atoms with Crippen molar-refractivity contribution in [3.05, 3.63) is 53.7 Å². The molecule has 0 saturated carbocycles. The summed E-state index contributed by atoms with van der Waals surface area (Å²) in [6.45, 7) is 2.59. The van der Waals surface area contributed by atoms with Crippen molar-refractivity contribution in [1.82, 2.24) is 9.99 Å². The highest BCUT2D eigenvalue weighted by atomic mass is 16.5. The number of carbonyl (C=O) groups is 1. The third-order valence-corrected chi connectivity index (χ3v) is 4.67. The summed E-state index contributed by atoms with van der Waals surface area (Å²) in [6.07, 6.45) is 3.91. The fourth-order valence-electron chi connectivity index (χ4n) is 3.27. The molecule has 1 heterocycles. The van der Waals surface area contributed by atoms with Gasteiger partial charge < -0.3 is 18.8 Å². The van der Waals surface area contributed by atoms with E-state index in [4.69, 9.17) is 14.2 Å². The number of fused-ring (bicyclic) bond motifs is 1. The smallest absolute Gasteiger partial charge is 0.241 e. The molecule has 0 unspecified atom stereocenters. The fourth-order valence-corrected chi connectivity index (χ4v) is 3.27. The van der Waals surface area contributed by atoms with Gasteiger partial charge in [-0.15, -0.1) is 0 Å². The lowest BCUT2D eigenvalue weighted by Gasteiger charge is -2.07. The van der Waals surface area contributed by atoms with Gasteiger partial charge in [-0.05, 0) is 48.4 Å². The first-order chi connectivity index (χ1) is 14.1. The van der Waals surface area contributed by atoms with Gasteiger partial charge in [-0.2, -0.15) is 5.10 Å². The lowest BCUT2D eigenvalue weighted by molar-refractivity contribution is -0.121. The van der Waals surface area contributed by atoms with Crippen molar-refractivity contribution >= 4 is 23.0 Å². The first-order valence-corrected chi connectivity index (χ1v) is 9.23. The normalized spacial score (nSPS) is 11.0. The summed E-state index contributed by atoms with van der Waals surface area (Å²) in [7, 11) is 4.82. The van der Waals surface area contributed by atoms with Crippen LogP contribution in [0.15, 0.2) is 47.7 Å². The van der Waals surface area contributed by atoms with Crippen LogP contribution in [0.25, 0.3) is 10.9 Å². The third-order valence-electron chi connectivity index (χ3n) is 4.67. The number of aryl methyl sites for hydroxylation is 2. The first kappa shape index (κ1) is 20.3. The highest BCUT2D eigenvalue weighted by molar-refractivity contribution is 5.90. The molecular weight excluding hydrogens is 370 g/mol. The SMILES string of the molecule is COc1ccc(/C=N\NC(=O)CCn2cc(C)c3c(OC)cccc32)cc1OC. The van der Waals surface area contributed by atoms with Gasteiger partial charge in [-0.3, -0.25) is 4.79 Å². The minimum Gasteiger partial charge on any atom is -0.496 e. The van der Waals surface area contributed by atoms with Crippen LogP contribution in [0.1, 0.15) is 17.5 Å². The maximum Gasteiger partial charge on any atom is 0.241 e. The Morgan fingerprint density at radius 3 is 2.55 bits per heavy atom. The molecule has 0 aliphatic carbocycles. The van der Waals surface area contributed by atoms with E-state index in [1.165, 1.54) is 0 Å². The number of nitrogens with zero attached hydrogens (tertiary/aromatic N) is 2. The maximum atomic E-state index is 12.2. The lowest BCUT2D eigenvalue weighted by Crippen LogP contribution is -2.19. The number of hydrazone groups is 1. The molecule has 3 rings (SSSR count). The molecule has 7 heteroatoms. The Bertz CT molecular complexity index is 1040. The number of benzene rings is 2. The average molecular weight is 395 g/mol. The van der Waals surface area contributed by atoms with Gasteiger partial charge >= 0.3 is 0 Å². The molecule has 0 aliphatic heterocycles. The van der Waals surface area contributed by atoms with E-state index in [1.54, 1.807) is 39.7 Å². The molecule has 7 nitrogen and oxygen atoms in total. The fraction of sp³-hybridized carbons (Fsp3) is 0.273. The standard InChI is InChI=1S/C22H25N3O4/c1-15-14-25(17-6-5-7-19(28-3)22(15)17)11-10-21(26)24-23-13-16-8-9-18(27-2)20(12-16)29-4/h5-9,12-14H,10-11H2,1-4H3,(H,24,26)/b23-13-. The lowest BCUT2D eigenvalue weighted by atomic mass is 10.2. The van der Waals surface area contributed by atoms with Crippen LogP contribution in [-0.2, 0) is 11.3 Å². The Hall–Kier alpha value is -3.48. The summed E-state index contributed by atoms with van der Waals surface area (Å²) in [4.78, 5) is 12.2. The average Bonchev–Trinajstić information content (AvgIpc) is 3.08. The molecular formula is C22H25N3O4. The second kappa shape index (κ2) is 9.14. The third kappa shape index (κ3) is 4.51. The van der Waals surface area contributed by atoms with E-state index in [1.807, 2.05) is 37.4 Å². The zero-order chi connectivity index (χ0) is 20.8. The number of methoxy groups -OCH3 is 3. The van der Waals surface area contributed by atoms with E-state index in [0.717, 1.165) is 27.8 Å². The van der Waals surface area contributed by atoms with Gasteiger partial charge in [0.15, 0.2) is 11.5 Å². The van der Waals surface area contributed by atoms with E-state index in [9.17, 15) is 4.79 Å². The van der Waals surface area contributed by atoms with Crippen LogP contribution in [0.5, 0.6) is 17.2 Å². The summed E-state index contributed by atoms with van der Waals surface area (Å²) < 4.78 is 18.0. The van der Waals surface area contributed by atoms with E-state index >= 15 is 0 Å². The highest BCUT2D eigenvalue weighted by Gasteiger charge is 2.11. The van der Waals surface area contributed by atoms with Gasteiger partial charge in [0, 0.05) is 24.5 Å². The predicted octanol–water partition coefficient (Wildman–Crippen LogP) is 3.52. The van der Waals surface area contributed by atoms with Gasteiger partial charge in [-0.25, -0.2) is 5.43 Å². The van der Waals surface area contributed by atoms with Crippen molar-refractivity contribution in [3.8, 4) is 17.2 Å². The molecule has 1 amide bonds. The Morgan fingerprint density at radius 2 is 1.83 bits per heavy atom. The van der Waals surface area contributed by atoms with E-state index in [2.05, 4.69) is 15.1 Å². The minimum atomic E-state index is -0.163. The van der Waals surface area contributed by atoms with Gasteiger partial charge in [0.2, 0.25) is 5.91 Å². The van der Waals surface area contributed by atoms with E-state index < -0.39 is 0 Å². The van der Waals surface area contributed by atoms with Crippen LogP contribution in [0, 0.1) is 6.92 Å². The monoisotopic (exact) mass is 395 g/mol. The van der Waals surface area contributed by atoms with Crippen LogP contribution < -0.4 is 19.6 Å². The van der Waals surface area contributed by atoms with E-state index in [-0.39, 0.29) is 5.91 Å². The Labute approximate surface area is 169 Å². The minimum absolute atomic E-state index is 0.163. The Morgan fingerprint density at radius 1 is 1.07 bits per heavy atom. The molecule has 0 fully saturated rings.